The SMILES string of the molecule is C=[C](C[C@@H](O)[C@@H]1O[C@H]1CO[Si](c1ccccc1)(c1ccccc1)C(C)(C)C)[Sn]([CH2]CCC)([CH2]CCC)[CH2]CCC. The van der Waals surface area contributed by atoms with E-state index in [9.17, 15) is 5.11 Å². The van der Waals surface area contributed by atoms with Crippen LogP contribution in [-0.2, 0) is 9.16 Å². The molecule has 0 aliphatic carbocycles. The molecule has 0 saturated carbocycles. The molecule has 0 radical (unpaired) electrons. The summed E-state index contributed by atoms with van der Waals surface area (Å²) in [4.78, 5) is 0. The first-order chi connectivity index (χ1) is 19.1. The van der Waals surface area contributed by atoms with E-state index in [1.807, 2.05) is 0 Å². The van der Waals surface area contributed by atoms with Gasteiger partial charge in [-0.1, -0.05) is 0 Å². The fourth-order valence-corrected chi connectivity index (χ4v) is 27.0. The molecule has 0 unspecified atom stereocenters. The molecule has 0 aromatic heterocycles. The zero-order valence-electron chi connectivity index (χ0n) is 26.3. The molecule has 1 heterocycles. The predicted molar refractivity (Wildman–Crippen MR) is 177 cm³/mol. The second-order valence-electron chi connectivity index (χ2n) is 13.1. The summed E-state index contributed by atoms with van der Waals surface area (Å²) in [7, 11) is -2.61. The number of ether oxygens (including phenoxy) is 1. The summed E-state index contributed by atoms with van der Waals surface area (Å²) in [6.07, 6.45) is 7.71. The molecule has 222 valence electrons. The van der Waals surface area contributed by atoms with E-state index in [-0.39, 0.29) is 17.2 Å². The number of aliphatic hydroxyl groups excluding tert-OH is 1. The first-order valence-electron chi connectivity index (χ1n) is 15.9. The molecule has 1 fully saturated rings. The molecule has 2 aromatic carbocycles. The maximum atomic E-state index is 11.4. The Labute approximate surface area is 250 Å². The number of hydrogen-bond donors (Lipinski definition) is 1. The Morgan fingerprint density at radius 2 is 1.32 bits per heavy atom. The van der Waals surface area contributed by atoms with Gasteiger partial charge in [-0.15, -0.1) is 0 Å². The first-order valence-corrected chi connectivity index (χ1v) is 25.3. The molecular formula is C35H56O3SiSn. The Morgan fingerprint density at radius 3 is 1.73 bits per heavy atom. The van der Waals surface area contributed by atoms with Gasteiger partial charge in [0.05, 0.1) is 0 Å². The van der Waals surface area contributed by atoms with Crippen molar-refractivity contribution in [3.63, 3.8) is 0 Å². The molecule has 3 nitrogen and oxygen atoms in total. The Bertz CT molecular complexity index is 959. The van der Waals surface area contributed by atoms with Crippen LogP contribution in [0.25, 0.3) is 0 Å². The van der Waals surface area contributed by atoms with E-state index in [0.717, 1.165) is 0 Å². The molecule has 3 rings (SSSR count). The van der Waals surface area contributed by atoms with Gasteiger partial charge in [0, 0.05) is 0 Å². The van der Waals surface area contributed by atoms with Crippen LogP contribution in [0.15, 0.2) is 70.8 Å². The summed E-state index contributed by atoms with van der Waals surface area (Å²) in [6.45, 7) is 19.1. The van der Waals surface area contributed by atoms with E-state index in [0.29, 0.717) is 13.0 Å². The monoisotopic (exact) mass is 672 g/mol. The van der Waals surface area contributed by atoms with Crippen molar-refractivity contribution < 1.29 is 14.3 Å². The fourth-order valence-electron chi connectivity index (χ4n) is 6.63. The van der Waals surface area contributed by atoms with Gasteiger partial charge in [-0.05, 0) is 0 Å². The third kappa shape index (κ3) is 8.12. The van der Waals surface area contributed by atoms with Gasteiger partial charge >= 0.3 is 252 Å². The van der Waals surface area contributed by atoms with Crippen molar-refractivity contribution in [2.45, 2.75) is 123 Å². The molecule has 0 bridgehead atoms. The van der Waals surface area contributed by atoms with Crippen LogP contribution in [-0.4, -0.2) is 56.7 Å². The van der Waals surface area contributed by atoms with Crippen LogP contribution < -0.4 is 10.4 Å². The van der Waals surface area contributed by atoms with Crippen molar-refractivity contribution in [2.24, 2.45) is 0 Å². The predicted octanol–water partition coefficient (Wildman–Crippen LogP) is 8.03. The van der Waals surface area contributed by atoms with Gasteiger partial charge in [0.25, 0.3) is 0 Å². The third-order valence-electron chi connectivity index (χ3n) is 9.11. The molecule has 3 atom stereocenters. The summed E-state index contributed by atoms with van der Waals surface area (Å²) in [5.41, 5.74) is 0. The molecule has 2 aromatic rings. The molecule has 0 amide bonds. The van der Waals surface area contributed by atoms with E-state index >= 15 is 0 Å². The molecule has 40 heavy (non-hydrogen) atoms. The van der Waals surface area contributed by atoms with Gasteiger partial charge in [0.2, 0.25) is 0 Å². The number of rotatable bonds is 18. The van der Waals surface area contributed by atoms with E-state index in [1.54, 1.807) is 0 Å². The second-order valence-corrected chi connectivity index (χ2v) is 31.0. The van der Waals surface area contributed by atoms with Crippen LogP contribution in [0.1, 0.15) is 86.5 Å². The normalized spacial score (nSPS) is 18.5. The molecule has 1 aliphatic rings. The maximum absolute atomic E-state index is 11.4. The van der Waals surface area contributed by atoms with Gasteiger partial charge in [0.15, 0.2) is 0 Å². The van der Waals surface area contributed by atoms with E-state index in [4.69, 9.17) is 15.7 Å². The number of hydrogen-bond acceptors (Lipinski definition) is 3. The molecule has 1 saturated heterocycles. The van der Waals surface area contributed by atoms with Crippen molar-refractivity contribution >= 4 is 37.1 Å². The molecule has 0 spiro atoms. The number of aliphatic hydroxyl groups is 1. The zero-order chi connectivity index (χ0) is 29.2. The van der Waals surface area contributed by atoms with Crippen LogP contribution in [0.3, 0.4) is 0 Å². The Kier molecular flexibility index (Phi) is 13.0. The van der Waals surface area contributed by atoms with Gasteiger partial charge < -0.3 is 0 Å². The van der Waals surface area contributed by atoms with Gasteiger partial charge in [-0.2, -0.15) is 0 Å². The first kappa shape index (κ1) is 33.6. The Balaban J connectivity index is 1.75. The van der Waals surface area contributed by atoms with Gasteiger partial charge in [-0.3, -0.25) is 0 Å². The van der Waals surface area contributed by atoms with Crippen molar-refractivity contribution in [2.75, 3.05) is 6.61 Å². The van der Waals surface area contributed by atoms with Crippen LogP contribution in [0.4, 0.5) is 0 Å². The van der Waals surface area contributed by atoms with E-state index in [2.05, 4.69) is 102 Å². The summed E-state index contributed by atoms with van der Waals surface area (Å²) in [5, 5.41) is 13.9. The van der Waals surface area contributed by atoms with Crippen LogP contribution in [0, 0.1) is 0 Å². The summed E-state index contributed by atoms with van der Waals surface area (Å²) < 4.78 is 18.9. The number of epoxide rings is 1. The van der Waals surface area contributed by atoms with Crippen molar-refractivity contribution in [1.82, 2.24) is 0 Å². The Hall–Kier alpha value is -0.924. The second kappa shape index (κ2) is 15.5. The average molecular weight is 672 g/mol. The van der Waals surface area contributed by atoms with Crippen molar-refractivity contribution in [3.05, 3.63) is 70.8 Å². The van der Waals surface area contributed by atoms with E-state index in [1.165, 1.54) is 65.8 Å². The number of benzene rings is 2. The summed E-state index contributed by atoms with van der Waals surface area (Å²) in [5.74, 6) is 0. The topological polar surface area (TPSA) is 42.0 Å². The molecule has 5 heteroatoms. The Morgan fingerprint density at radius 1 is 0.875 bits per heavy atom. The third-order valence-corrected chi connectivity index (χ3v) is 30.2. The number of unbranched alkanes of at least 4 members (excludes halogenated alkanes) is 3. The van der Waals surface area contributed by atoms with Crippen molar-refractivity contribution in [1.29, 1.82) is 0 Å². The zero-order valence-corrected chi connectivity index (χ0v) is 30.1. The molecule has 1 aliphatic heterocycles. The summed E-state index contributed by atoms with van der Waals surface area (Å²) in [6, 6.07) is 21.5. The molecular weight excluding hydrogens is 615 g/mol. The molecule has 1 N–H and O–H groups in total. The van der Waals surface area contributed by atoms with Crippen LogP contribution in [0.2, 0.25) is 18.3 Å². The van der Waals surface area contributed by atoms with Crippen LogP contribution >= 0.6 is 0 Å². The summed E-state index contributed by atoms with van der Waals surface area (Å²) >= 11 is -2.58. The average Bonchev–Trinajstić information content (AvgIpc) is 3.73. The fraction of sp³-hybridized carbons (Fsp3) is 0.600. The standard InChI is InChI=1S/C23H29O3Si.3C4H9.Sn/c1-5-12-20(24)22-21(26-22)17-25-27(23(2,3)4,18-13-8-6-9-14-18)19-15-10-7-11-16-19;3*1-3-4-2;/h6-11,13-16,20-22,24H,1,12,17H2,2-4H3;3*1,3-4H2,2H3;/t20-,21+,22+;;;;/m1..../s1. The van der Waals surface area contributed by atoms with Gasteiger partial charge in [0.1, 0.15) is 0 Å². The van der Waals surface area contributed by atoms with Gasteiger partial charge in [-0.25, -0.2) is 0 Å². The van der Waals surface area contributed by atoms with Crippen molar-refractivity contribution in [3.8, 4) is 0 Å². The van der Waals surface area contributed by atoms with Crippen LogP contribution in [0.5, 0.6) is 0 Å². The van der Waals surface area contributed by atoms with E-state index < -0.39 is 32.8 Å². The minimum atomic E-state index is -2.61. The quantitative estimate of drug-likeness (QED) is 0.129. The minimum absolute atomic E-state index is 0.0593.